The summed E-state index contributed by atoms with van der Waals surface area (Å²) < 4.78 is 6.28. The van der Waals surface area contributed by atoms with Crippen molar-refractivity contribution in [1.29, 1.82) is 0 Å². The van der Waals surface area contributed by atoms with Crippen LogP contribution in [0.25, 0.3) is 0 Å². The van der Waals surface area contributed by atoms with Crippen LogP contribution in [-0.2, 0) is 11.2 Å². The zero-order valence-electron chi connectivity index (χ0n) is 11.7. The molecule has 0 aromatic heterocycles. The summed E-state index contributed by atoms with van der Waals surface area (Å²) in [4.78, 5) is 11.9. The average molecular weight is 349 g/mol. The molecule has 4 nitrogen and oxygen atoms in total. The van der Waals surface area contributed by atoms with Gasteiger partial charge in [-0.2, -0.15) is 0 Å². The van der Waals surface area contributed by atoms with E-state index in [4.69, 9.17) is 10.5 Å². The summed E-state index contributed by atoms with van der Waals surface area (Å²) in [5, 5.41) is 2.77. The lowest BCUT2D eigenvalue weighted by atomic mass is 10.1. The number of rotatable bonds is 5. The van der Waals surface area contributed by atoms with E-state index in [0.29, 0.717) is 17.1 Å². The van der Waals surface area contributed by atoms with Crippen LogP contribution in [0.1, 0.15) is 12.5 Å². The molecule has 0 spiro atoms. The first-order valence-corrected chi connectivity index (χ1v) is 7.45. The Balaban J connectivity index is 1.94. The Kier molecular flexibility index (Phi) is 5.22. The molecule has 0 bridgehead atoms. The highest BCUT2D eigenvalue weighted by molar-refractivity contribution is 9.10. The predicted molar refractivity (Wildman–Crippen MR) is 88.5 cm³/mol. The molecule has 2 aromatic rings. The molecule has 0 saturated heterocycles. The van der Waals surface area contributed by atoms with Gasteiger partial charge < -0.3 is 15.8 Å². The smallest absolute Gasteiger partial charge is 0.262 e. The Morgan fingerprint density at radius 1 is 1.29 bits per heavy atom. The van der Waals surface area contributed by atoms with Crippen LogP contribution in [-0.4, -0.2) is 12.5 Å². The lowest BCUT2D eigenvalue weighted by Gasteiger charge is -2.11. The quantitative estimate of drug-likeness (QED) is 0.811. The lowest BCUT2D eigenvalue weighted by molar-refractivity contribution is -0.118. The van der Waals surface area contributed by atoms with Crippen LogP contribution in [0.15, 0.2) is 46.9 Å². The van der Waals surface area contributed by atoms with Gasteiger partial charge in [-0.05, 0) is 52.2 Å². The van der Waals surface area contributed by atoms with Crippen molar-refractivity contribution in [2.24, 2.45) is 0 Å². The van der Waals surface area contributed by atoms with E-state index in [2.05, 4.69) is 28.2 Å². The number of amides is 1. The lowest BCUT2D eigenvalue weighted by Crippen LogP contribution is -2.20. The topological polar surface area (TPSA) is 64.3 Å². The van der Waals surface area contributed by atoms with Crippen molar-refractivity contribution in [1.82, 2.24) is 0 Å². The molecule has 0 aliphatic rings. The molecule has 2 aromatic carbocycles. The Morgan fingerprint density at radius 3 is 2.71 bits per heavy atom. The van der Waals surface area contributed by atoms with Gasteiger partial charge in [0.1, 0.15) is 5.75 Å². The van der Waals surface area contributed by atoms with Crippen molar-refractivity contribution in [3.05, 3.63) is 52.5 Å². The molecule has 1 amide bonds. The van der Waals surface area contributed by atoms with Gasteiger partial charge in [0.2, 0.25) is 0 Å². The third-order valence-electron chi connectivity index (χ3n) is 2.99. The summed E-state index contributed by atoms with van der Waals surface area (Å²) in [6, 6.07) is 13.0. The molecule has 0 atom stereocenters. The number of benzene rings is 2. The summed E-state index contributed by atoms with van der Waals surface area (Å²) in [7, 11) is 0. The van der Waals surface area contributed by atoms with E-state index in [1.54, 1.807) is 6.07 Å². The molecule has 0 fully saturated rings. The fraction of sp³-hybridized carbons (Fsp3) is 0.188. The molecule has 110 valence electrons. The number of hydrogen-bond acceptors (Lipinski definition) is 3. The Labute approximate surface area is 132 Å². The third kappa shape index (κ3) is 4.23. The van der Waals surface area contributed by atoms with Crippen LogP contribution in [0, 0.1) is 0 Å². The first-order valence-electron chi connectivity index (χ1n) is 6.65. The Hall–Kier alpha value is -2.01. The molecular formula is C16H17BrN2O2. The summed E-state index contributed by atoms with van der Waals surface area (Å²) in [6.07, 6.45) is 0.910. The predicted octanol–water partition coefficient (Wildman–Crippen LogP) is 3.61. The fourth-order valence-corrected chi connectivity index (χ4v) is 2.23. The van der Waals surface area contributed by atoms with Crippen LogP contribution in [0.5, 0.6) is 5.75 Å². The first-order chi connectivity index (χ1) is 10.1. The Morgan fingerprint density at radius 2 is 2.05 bits per heavy atom. The molecule has 0 aliphatic heterocycles. The number of nitrogens with two attached hydrogens (primary N) is 1. The standard InChI is InChI=1S/C16H17BrN2O2/c1-2-11-7-8-15(13(18)9-11)21-10-16(20)19-14-6-4-3-5-12(14)17/h3-9H,2,10,18H2,1H3,(H,19,20). The van der Waals surface area contributed by atoms with Gasteiger partial charge in [-0.3, -0.25) is 4.79 Å². The maximum atomic E-state index is 11.9. The van der Waals surface area contributed by atoms with Gasteiger partial charge in [0, 0.05) is 4.47 Å². The molecule has 21 heavy (non-hydrogen) atoms. The molecule has 5 heteroatoms. The van der Waals surface area contributed by atoms with E-state index in [1.807, 2.05) is 36.4 Å². The second-order valence-corrected chi connectivity index (χ2v) is 5.40. The summed E-state index contributed by atoms with van der Waals surface area (Å²) in [5.74, 6) is 0.287. The molecule has 0 saturated carbocycles. The summed E-state index contributed by atoms with van der Waals surface area (Å²) in [6.45, 7) is 1.97. The van der Waals surface area contributed by atoms with Crippen molar-refractivity contribution < 1.29 is 9.53 Å². The van der Waals surface area contributed by atoms with Crippen molar-refractivity contribution in [3.8, 4) is 5.75 Å². The first kappa shape index (κ1) is 15.4. The SMILES string of the molecule is CCc1ccc(OCC(=O)Nc2ccccc2Br)c(N)c1. The average Bonchev–Trinajstić information content (AvgIpc) is 2.48. The van der Waals surface area contributed by atoms with Crippen LogP contribution in [0.3, 0.4) is 0 Å². The minimum absolute atomic E-state index is 0.0863. The zero-order valence-corrected chi connectivity index (χ0v) is 13.3. The number of nitrogens with one attached hydrogen (secondary N) is 1. The fourth-order valence-electron chi connectivity index (χ4n) is 1.84. The normalized spacial score (nSPS) is 10.2. The van der Waals surface area contributed by atoms with Gasteiger partial charge >= 0.3 is 0 Å². The van der Waals surface area contributed by atoms with Crippen LogP contribution < -0.4 is 15.8 Å². The third-order valence-corrected chi connectivity index (χ3v) is 3.68. The number of halogens is 1. The van der Waals surface area contributed by atoms with E-state index < -0.39 is 0 Å². The summed E-state index contributed by atoms with van der Waals surface area (Å²) in [5.41, 5.74) is 8.29. The van der Waals surface area contributed by atoms with Gasteiger partial charge in [0.15, 0.2) is 6.61 Å². The van der Waals surface area contributed by atoms with Crippen molar-refractivity contribution >= 4 is 33.2 Å². The monoisotopic (exact) mass is 348 g/mol. The van der Waals surface area contributed by atoms with Gasteiger partial charge in [0.25, 0.3) is 5.91 Å². The number of hydrogen-bond donors (Lipinski definition) is 2. The number of anilines is 2. The molecule has 0 radical (unpaired) electrons. The van der Waals surface area contributed by atoms with Crippen LogP contribution in [0.4, 0.5) is 11.4 Å². The van der Waals surface area contributed by atoms with E-state index in [1.165, 1.54) is 0 Å². The largest absolute Gasteiger partial charge is 0.482 e. The van der Waals surface area contributed by atoms with Gasteiger partial charge in [-0.25, -0.2) is 0 Å². The highest BCUT2D eigenvalue weighted by Crippen LogP contribution is 2.23. The van der Waals surface area contributed by atoms with Crippen LogP contribution >= 0.6 is 15.9 Å². The molecule has 0 aliphatic carbocycles. The molecular weight excluding hydrogens is 332 g/mol. The van der Waals surface area contributed by atoms with Gasteiger partial charge in [-0.15, -0.1) is 0 Å². The number of carbonyl (C=O) groups is 1. The van der Waals surface area contributed by atoms with E-state index in [-0.39, 0.29) is 12.5 Å². The highest BCUT2D eigenvalue weighted by atomic mass is 79.9. The maximum absolute atomic E-state index is 11.9. The zero-order chi connectivity index (χ0) is 15.2. The Bertz CT molecular complexity index is 644. The number of aryl methyl sites for hydroxylation is 1. The molecule has 0 heterocycles. The van der Waals surface area contributed by atoms with Gasteiger partial charge in [-0.1, -0.05) is 25.1 Å². The van der Waals surface area contributed by atoms with Crippen molar-refractivity contribution in [3.63, 3.8) is 0 Å². The molecule has 3 N–H and O–H groups in total. The molecule has 2 rings (SSSR count). The second-order valence-electron chi connectivity index (χ2n) is 4.54. The number of para-hydroxylation sites is 1. The van der Waals surface area contributed by atoms with Crippen molar-refractivity contribution in [2.45, 2.75) is 13.3 Å². The van der Waals surface area contributed by atoms with Gasteiger partial charge in [0.05, 0.1) is 11.4 Å². The minimum Gasteiger partial charge on any atom is -0.482 e. The second kappa shape index (κ2) is 7.13. The summed E-state index contributed by atoms with van der Waals surface area (Å²) >= 11 is 3.37. The molecule has 0 unspecified atom stereocenters. The van der Waals surface area contributed by atoms with E-state index in [9.17, 15) is 4.79 Å². The number of ether oxygens (including phenoxy) is 1. The van der Waals surface area contributed by atoms with Crippen LogP contribution in [0.2, 0.25) is 0 Å². The highest BCUT2D eigenvalue weighted by Gasteiger charge is 2.08. The number of nitrogen functional groups attached to an aromatic ring is 1. The van der Waals surface area contributed by atoms with Crippen molar-refractivity contribution in [2.75, 3.05) is 17.7 Å². The maximum Gasteiger partial charge on any atom is 0.262 e. The van der Waals surface area contributed by atoms with E-state index in [0.717, 1.165) is 16.5 Å². The minimum atomic E-state index is -0.235. The van der Waals surface area contributed by atoms with E-state index >= 15 is 0 Å². The number of carbonyl (C=O) groups excluding carboxylic acids is 1.